The molecule has 0 spiro atoms. The van der Waals surface area contributed by atoms with Gasteiger partial charge in [0.1, 0.15) is 0 Å². The summed E-state index contributed by atoms with van der Waals surface area (Å²) in [7, 11) is 3.25. The Morgan fingerprint density at radius 3 is 2.17 bits per heavy atom. The van der Waals surface area contributed by atoms with E-state index in [2.05, 4.69) is 5.32 Å². The molecule has 3 rings (SSSR count). The van der Waals surface area contributed by atoms with Gasteiger partial charge in [-0.2, -0.15) is 13.2 Å². The third kappa shape index (κ3) is 4.61. The number of alkyl halides is 3. The molecular formula is C21H20F3N3O3. The zero-order valence-electron chi connectivity index (χ0n) is 16.4. The first-order valence-corrected chi connectivity index (χ1v) is 9.18. The van der Waals surface area contributed by atoms with Gasteiger partial charge in [0.15, 0.2) is 0 Å². The summed E-state index contributed by atoms with van der Waals surface area (Å²) in [5.74, 6) is -1.19. The van der Waals surface area contributed by atoms with E-state index in [0.717, 1.165) is 11.0 Å². The normalized spacial score (nSPS) is 14.2. The van der Waals surface area contributed by atoms with Crippen molar-refractivity contribution < 1.29 is 27.6 Å². The minimum atomic E-state index is -4.63. The molecule has 1 aliphatic rings. The van der Waals surface area contributed by atoms with Crippen molar-refractivity contribution in [3.05, 3.63) is 59.2 Å². The quantitative estimate of drug-likeness (QED) is 0.751. The van der Waals surface area contributed by atoms with E-state index < -0.39 is 17.6 Å². The Morgan fingerprint density at radius 2 is 1.63 bits per heavy atom. The van der Waals surface area contributed by atoms with Crippen LogP contribution in [0, 0.1) is 0 Å². The molecule has 0 radical (unpaired) electrons. The van der Waals surface area contributed by atoms with Gasteiger partial charge in [-0.3, -0.25) is 19.3 Å². The van der Waals surface area contributed by atoms with Crippen molar-refractivity contribution in [3.63, 3.8) is 0 Å². The van der Waals surface area contributed by atoms with Gasteiger partial charge in [-0.1, -0.05) is 12.1 Å². The predicted octanol–water partition coefficient (Wildman–Crippen LogP) is 3.67. The Bertz CT molecular complexity index is 969. The molecule has 158 valence electrons. The monoisotopic (exact) mass is 419 g/mol. The molecule has 0 aliphatic carbocycles. The summed E-state index contributed by atoms with van der Waals surface area (Å²) in [5, 5.41) is 2.31. The molecule has 30 heavy (non-hydrogen) atoms. The van der Waals surface area contributed by atoms with Crippen LogP contribution in [0.15, 0.2) is 42.5 Å². The summed E-state index contributed by atoms with van der Waals surface area (Å²) in [5.41, 5.74) is -0.125. The van der Waals surface area contributed by atoms with Gasteiger partial charge in [0, 0.05) is 38.2 Å². The largest absolute Gasteiger partial charge is 0.418 e. The number of carbonyl (C=O) groups excluding carboxylic acids is 3. The summed E-state index contributed by atoms with van der Waals surface area (Å²) < 4.78 is 40.3. The zero-order valence-corrected chi connectivity index (χ0v) is 16.4. The van der Waals surface area contributed by atoms with Gasteiger partial charge in [0.2, 0.25) is 11.8 Å². The minimum absolute atomic E-state index is 0.101. The molecular weight excluding hydrogens is 399 g/mol. The number of benzene rings is 2. The fourth-order valence-corrected chi connectivity index (χ4v) is 3.09. The van der Waals surface area contributed by atoms with Crippen LogP contribution in [0.4, 0.5) is 24.5 Å². The number of hydrogen-bond donors (Lipinski definition) is 1. The van der Waals surface area contributed by atoms with Crippen molar-refractivity contribution in [2.24, 2.45) is 0 Å². The van der Waals surface area contributed by atoms with Crippen molar-refractivity contribution in [1.82, 2.24) is 4.90 Å². The molecule has 0 saturated carbocycles. The number of imide groups is 1. The van der Waals surface area contributed by atoms with Gasteiger partial charge in [0.25, 0.3) is 5.91 Å². The summed E-state index contributed by atoms with van der Waals surface area (Å²) >= 11 is 0. The highest BCUT2D eigenvalue weighted by atomic mass is 19.4. The van der Waals surface area contributed by atoms with Crippen LogP contribution in [0.3, 0.4) is 0 Å². The van der Waals surface area contributed by atoms with Crippen LogP contribution in [0.25, 0.3) is 0 Å². The van der Waals surface area contributed by atoms with Gasteiger partial charge < -0.3 is 10.2 Å². The van der Waals surface area contributed by atoms with Gasteiger partial charge >= 0.3 is 6.18 Å². The van der Waals surface area contributed by atoms with E-state index in [0.29, 0.717) is 11.3 Å². The molecule has 9 heteroatoms. The zero-order chi connectivity index (χ0) is 22.1. The summed E-state index contributed by atoms with van der Waals surface area (Å²) in [4.78, 5) is 38.5. The molecule has 3 amide bonds. The Morgan fingerprint density at radius 1 is 1.03 bits per heavy atom. The molecule has 2 aromatic carbocycles. The van der Waals surface area contributed by atoms with Gasteiger partial charge in [0.05, 0.1) is 17.8 Å². The number of likely N-dealkylation sites (tertiary alicyclic amines) is 1. The highest BCUT2D eigenvalue weighted by Gasteiger charge is 2.34. The van der Waals surface area contributed by atoms with Crippen LogP contribution in [-0.2, 0) is 22.3 Å². The maximum atomic E-state index is 13.4. The number of nitrogens with one attached hydrogen (secondary N) is 1. The second-order valence-corrected chi connectivity index (χ2v) is 7.15. The molecule has 0 unspecified atom stereocenters. The van der Waals surface area contributed by atoms with Crippen molar-refractivity contribution >= 4 is 29.1 Å². The highest BCUT2D eigenvalue weighted by molar-refractivity contribution is 6.05. The molecule has 2 aromatic rings. The topological polar surface area (TPSA) is 69.7 Å². The van der Waals surface area contributed by atoms with E-state index in [1.54, 1.807) is 26.2 Å². The SMILES string of the molecule is CN(C)c1ccc(NC(=O)c2ccc(CN3C(=O)CCC3=O)cc2)c(C(F)(F)F)c1. The maximum absolute atomic E-state index is 13.4. The number of rotatable bonds is 5. The lowest BCUT2D eigenvalue weighted by atomic mass is 10.1. The first kappa shape index (κ1) is 21.4. The third-order valence-electron chi connectivity index (χ3n) is 4.78. The lowest BCUT2D eigenvalue weighted by molar-refractivity contribution is -0.139. The number of anilines is 2. The molecule has 6 nitrogen and oxygen atoms in total. The van der Waals surface area contributed by atoms with Crippen molar-refractivity contribution in [2.75, 3.05) is 24.3 Å². The number of carbonyl (C=O) groups is 3. The Balaban J connectivity index is 1.76. The molecule has 0 bridgehead atoms. The van der Waals surface area contributed by atoms with E-state index in [1.165, 1.54) is 29.2 Å². The van der Waals surface area contributed by atoms with E-state index >= 15 is 0 Å². The first-order valence-electron chi connectivity index (χ1n) is 9.18. The van der Waals surface area contributed by atoms with E-state index in [1.807, 2.05) is 0 Å². The molecule has 1 fully saturated rings. The first-order chi connectivity index (χ1) is 14.1. The van der Waals surface area contributed by atoms with Crippen LogP contribution in [0.1, 0.15) is 34.3 Å². The number of hydrogen-bond acceptors (Lipinski definition) is 4. The average molecular weight is 419 g/mol. The van der Waals surface area contributed by atoms with Crippen LogP contribution in [-0.4, -0.2) is 36.7 Å². The van der Waals surface area contributed by atoms with Crippen molar-refractivity contribution in [2.45, 2.75) is 25.6 Å². The predicted molar refractivity (Wildman–Crippen MR) is 105 cm³/mol. The molecule has 1 saturated heterocycles. The smallest absolute Gasteiger partial charge is 0.378 e. The fourth-order valence-electron chi connectivity index (χ4n) is 3.09. The van der Waals surface area contributed by atoms with Crippen molar-refractivity contribution in [1.29, 1.82) is 0 Å². The minimum Gasteiger partial charge on any atom is -0.378 e. The fraction of sp³-hybridized carbons (Fsp3) is 0.286. The van der Waals surface area contributed by atoms with Gasteiger partial charge in [-0.05, 0) is 35.9 Å². The lowest BCUT2D eigenvalue weighted by Gasteiger charge is -2.19. The third-order valence-corrected chi connectivity index (χ3v) is 4.78. The number of halogens is 3. The van der Waals surface area contributed by atoms with Crippen LogP contribution < -0.4 is 10.2 Å². The Kier molecular flexibility index (Phi) is 5.82. The molecule has 1 N–H and O–H groups in total. The van der Waals surface area contributed by atoms with Crippen LogP contribution >= 0.6 is 0 Å². The highest BCUT2D eigenvalue weighted by Crippen LogP contribution is 2.37. The van der Waals surface area contributed by atoms with E-state index in [4.69, 9.17) is 0 Å². The Labute approximate surface area is 171 Å². The second kappa shape index (κ2) is 8.17. The summed E-state index contributed by atoms with van der Waals surface area (Å²) in [6.45, 7) is 0.101. The standard InChI is InChI=1S/C21H20F3N3O3/c1-26(2)15-7-8-17(16(11-15)21(22,23)24)25-20(30)14-5-3-13(4-6-14)12-27-18(28)9-10-19(27)29/h3-8,11H,9-10,12H2,1-2H3,(H,25,30). The van der Waals surface area contributed by atoms with Crippen molar-refractivity contribution in [3.8, 4) is 0 Å². The number of amides is 3. The van der Waals surface area contributed by atoms with Crippen LogP contribution in [0.2, 0.25) is 0 Å². The summed E-state index contributed by atoms with van der Waals surface area (Å²) in [6.07, 6.45) is -4.26. The van der Waals surface area contributed by atoms with E-state index in [-0.39, 0.29) is 42.5 Å². The Hall–Kier alpha value is -3.36. The molecule has 0 aromatic heterocycles. The molecule has 1 aliphatic heterocycles. The van der Waals surface area contributed by atoms with Gasteiger partial charge in [-0.15, -0.1) is 0 Å². The second-order valence-electron chi connectivity index (χ2n) is 7.15. The van der Waals surface area contributed by atoms with Crippen LogP contribution in [0.5, 0.6) is 0 Å². The maximum Gasteiger partial charge on any atom is 0.418 e. The average Bonchev–Trinajstić information content (AvgIpc) is 2.99. The lowest BCUT2D eigenvalue weighted by Crippen LogP contribution is -2.28. The van der Waals surface area contributed by atoms with Gasteiger partial charge in [-0.25, -0.2) is 0 Å². The molecule has 1 heterocycles. The summed E-state index contributed by atoms with van der Waals surface area (Å²) in [6, 6.07) is 9.69. The number of nitrogens with zero attached hydrogens (tertiary/aromatic N) is 2. The molecule has 0 atom stereocenters. The van der Waals surface area contributed by atoms with E-state index in [9.17, 15) is 27.6 Å².